The molecule has 1 aliphatic heterocycles. The number of nitrogens with zero attached hydrogens (tertiary/aromatic N) is 2. The van der Waals surface area contributed by atoms with E-state index in [1.54, 1.807) is 0 Å². The molecule has 1 unspecified atom stereocenters. The van der Waals surface area contributed by atoms with Gasteiger partial charge in [0, 0.05) is 23.3 Å². The number of nitrogens with one attached hydrogen (secondary N) is 1. The van der Waals surface area contributed by atoms with Gasteiger partial charge in [-0.25, -0.2) is 4.98 Å². The molecule has 0 aromatic carbocycles. The van der Waals surface area contributed by atoms with E-state index in [9.17, 15) is 0 Å². The Morgan fingerprint density at radius 3 is 3.00 bits per heavy atom. The van der Waals surface area contributed by atoms with Crippen LogP contribution in [-0.4, -0.2) is 36.1 Å². The van der Waals surface area contributed by atoms with E-state index >= 15 is 0 Å². The van der Waals surface area contributed by atoms with Crippen LogP contribution in [0.2, 0.25) is 0 Å². The van der Waals surface area contributed by atoms with Gasteiger partial charge in [0.05, 0.1) is 4.47 Å². The molecule has 1 aromatic rings. The molecule has 0 amide bonds. The van der Waals surface area contributed by atoms with Gasteiger partial charge in [0.25, 0.3) is 0 Å². The van der Waals surface area contributed by atoms with E-state index in [1.165, 1.54) is 19.4 Å². The van der Waals surface area contributed by atoms with Crippen molar-refractivity contribution in [3.05, 3.63) is 21.2 Å². The van der Waals surface area contributed by atoms with Gasteiger partial charge in [-0.1, -0.05) is 0 Å². The maximum Gasteiger partial charge on any atom is 0.140 e. The quantitative estimate of drug-likeness (QED) is 0.909. The predicted octanol–water partition coefficient (Wildman–Crippen LogP) is 3.11. The highest BCUT2D eigenvalue weighted by Crippen LogP contribution is 2.24. The molecule has 1 N–H and O–H groups in total. The molecule has 2 heterocycles. The summed E-state index contributed by atoms with van der Waals surface area (Å²) < 4.78 is 1.99. The molecule has 0 spiro atoms. The Balaban J connectivity index is 1.94. The lowest BCUT2D eigenvalue weighted by Crippen LogP contribution is -2.31. The van der Waals surface area contributed by atoms with E-state index in [1.807, 2.05) is 12.3 Å². The number of anilines is 1. The number of pyridine rings is 1. The van der Waals surface area contributed by atoms with Crippen molar-refractivity contribution in [2.24, 2.45) is 0 Å². The van der Waals surface area contributed by atoms with Gasteiger partial charge in [0.2, 0.25) is 0 Å². The first-order valence-corrected chi connectivity index (χ1v) is 7.00. The lowest BCUT2D eigenvalue weighted by atomic mass is 10.2. The number of rotatable bonds is 3. The molecule has 5 heteroatoms. The zero-order valence-corrected chi connectivity index (χ0v) is 12.4. The van der Waals surface area contributed by atoms with Gasteiger partial charge in [-0.15, -0.1) is 0 Å². The van der Waals surface area contributed by atoms with Gasteiger partial charge in [0.15, 0.2) is 0 Å². The van der Waals surface area contributed by atoms with Crippen molar-refractivity contribution in [2.45, 2.75) is 18.9 Å². The molecule has 2 rings (SSSR count). The molecule has 1 saturated heterocycles. The highest BCUT2D eigenvalue weighted by molar-refractivity contribution is 9.11. The molecule has 1 atom stereocenters. The molecule has 3 nitrogen and oxygen atoms in total. The zero-order valence-electron chi connectivity index (χ0n) is 9.21. The molecule has 0 aliphatic carbocycles. The molecule has 1 aromatic heterocycles. The van der Waals surface area contributed by atoms with Gasteiger partial charge >= 0.3 is 0 Å². The van der Waals surface area contributed by atoms with Gasteiger partial charge < -0.3 is 10.2 Å². The number of aromatic nitrogens is 1. The molecule has 16 heavy (non-hydrogen) atoms. The van der Waals surface area contributed by atoms with Crippen molar-refractivity contribution < 1.29 is 0 Å². The first kappa shape index (κ1) is 12.3. The largest absolute Gasteiger partial charge is 0.368 e. The minimum absolute atomic E-state index is 0.636. The summed E-state index contributed by atoms with van der Waals surface area (Å²) in [5, 5.41) is 3.39. The van der Waals surface area contributed by atoms with Crippen LogP contribution in [0, 0.1) is 0 Å². The van der Waals surface area contributed by atoms with Gasteiger partial charge in [-0.3, -0.25) is 0 Å². The SMILES string of the molecule is CN1CCCC1CNc1ncc(Br)cc1Br. The highest BCUT2D eigenvalue weighted by Gasteiger charge is 2.20. The summed E-state index contributed by atoms with van der Waals surface area (Å²) in [4.78, 5) is 6.74. The van der Waals surface area contributed by atoms with Crippen molar-refractivity contribution in [1.29, 1.82) is 0 Å². The third-order valence-electron chi connectivity index (χ3n) is 2.98. The summed E-state index contributed by atoms with van der Waals surface area (Å²) in [6, 6.07) is 2.64. The molecule has 1 fully saturated rings. The number of hydrogen-bond acceptors (Lipinski definition) is 3. The lowest BCUT2D eigenvalue weighted by molar-refractivity contribution is 0.322. The molecule has 0 saturated carbocycles. The third kappa shape index (κ3) is 2.96. The number of likely N-dealkylation sites (N-methyl/N-ethyl adjacent to an activating group) is 1. The molecule has 0 radical (unpaired) electrons. The summed E-state index contributed by atoms with van der Waals surface area (Å²) in [6.07, 6.45) is 4.39. The van der Waals surface area contributed by atoms with Crippen molar-refractivity contribution in [1.82, 2.24) is 9.88 Å². The standard InChI is InChI=1S/C11H15Br2N3/c1-16-4-2-3-9(16)7-15-11-10(13)5-8(12)6-14-11/h5-6,9H,2-4,7H2,1H3,(H,14,15). The molecule has 0 bridgehead atoms. The molecule has 88 valence electrons. The van der Waals surface area contributed by atoms with Crippen LogP contribution in [0.1, 0.15) is 12.8 Å². The van der Waals surface area contributed by atoms with Crippen LogP contribution in [0.15, 0.2) is 21.2 Å². The highest BCUT2D eigenvalue weighted by atomic mass is 79.9. The fourth-order valence-electron chi connectivity index (χ4n) is 2.00. The van der Waals surface area contributed by atoms with Crippen LogP contribution in [0.3, 0.4) is 0 Å². The molecular formula is C11H15Br2N3. The van der Waals surface area contributed by atoms with E-state index in [0.717, 1.165) is 21.3 Å². The van der Waals surface area contributed by atoms with Crippen molar-refractivity contribution >= 4 is 37.7 Å². The van der Waals surface area contributed by atoms with Crippen molar-refractivity contribution in [3.8, 4) is 0 Å². The van der Waals surface area contributed by atoms with E-state index in [0.29, 0.717) is 6.04 Å². The van der Waals surface area contributed by atoms with Crippen LogP contribution in [0.5, 0.6) is 0 Å². The minimum Gasteiger partial charge on any atom is -0.368 e. The second kappa shape index (κ2) is 5.47. The second-order valence-corrected chi connectivity index (χ2v) is 5.91. The average Bonchev–Trinajstić information content (AvgIpc) is 2.63. The summed E-state index contributed by atoms with van der Waals surface area (Å²) in [7, 11) is 2.18. The van der Waals surface area contributed by atoms with Crippen LogP contribution in [0.4, 0.5) is 5.82 Å². The Morgan fingerprint density at radius 1 is 1.56 bits per heavy atom. The van der Waals surface area contributed by atoms with Gasteiger partial charge in [-0.2, -0.15) is 0 Å². The summed E-state index contributed by atoms with van der Waals surface area (Å²) in [6.45, 7) is 2.17. The summed E-state index contributed by atoms with van der Waals surface area (Å²) in [5.74, 6) is 0.920. The Morgan fingerprint density at radius 2 is 2.38 bits per heavy atom. The fourth-order valence-corrected chi connectivity index (χ4v) is 3.12. The lowest BCUT2D eigenvalue weighted by Gasteiger charge is -2.20. The van der Waals surface area contributed by atoms with Gasteiger partial charge in [0.1, 0.15) is 5.82 Å². The van der Waals surface area contributed by atoms with Crippen LogP contribution < -0.4 is 5.32 Å². The topological polar surface area (TPSA) is 28.2 Å². The predicted molar refractivity (Wildman–Crippen MR) is 73.8 cm³/mol. The van der Waals surface area contributed by atoms with E-state index in [-0.39, 0.29) is 0 Å². The fraction of sp³-hybridized carbons (Fsp3) is 0.545. The monoisotopic (exact) mass is 347 g/mol. The van der Waals surface area contributed by atoms with Crippen LogP contribution in [-0.2, 0) is 0 Å². The number of likely N-dealkylation sites (tertiary alicyclic amines) is 1. The number of hydrogen-bond donors (Lipinski definition) is 1. The maximum atomic E-state index is 4.34. The smallest absolute Gasteiger partial charge is 0.140 e. The normalized spacial score (nSPS) is 21.3. The van der Waals surface area contributed by atoms with Crippen LogP contribution >= 0.6 is 31.9 Å². The Labute approximate surface area is 113 Å². The minimum atomic E-state index is 0.636. The van der Waals surface area contributed by atoms with E-state index < -0.39 is 0 Å². The zero-order chi connectivity index (χ0) is 11.5. The number of halogens is 2. The first-order chi connectivity index (χ1) is 7.66. The van der Waals surface area contributed by atoms with Crippen molar-refractivity contribution in [2.75, 3.05) is 25.5 Å². The summed E-state index contributed by atoms with van der Waals surface area (Å²) in [5.41, 5.74) is 0. The Hall–Kier alpha value is -0.130. The molecular weight excluding hydrogens is 334 g/mol. The third-order valence-corrected chi connectivity index (χ3v) is 4.02. The second-order valence-electron chi connectivity index (χ2n) is 4.14. The van der Waals surface area contributed by atoms with Crippen LogP contribution in [0.25, 0.3) is 0 Å². The first-order valence-electron chi connectivity index (χ1n) is 5.42. The van der Waals surface area contributed by atoms with Gasteiger partial charge in [-0.05, 0) is 64.4 Å². The molecule has 1 aliphatic rings. The Bertz CT molecular complexity index is 370. The Kier molecular flexibility index (Phi) is 4.21. The van der Waals surface area contributed by atoms with Crippen molar-refractivity contribution in [3.63, 3.8) is 0 Å². The average molecular weight is 349 g/mol. The van der Waals surface area contributed by atoms with E-state index in [4.69, 9.17) is 0 Å². The van der Waals surface area contributed by atoms with E-state index in [2.05, 4.69) is 54.1 Å². The summed E-state index contributed by atoms with van der Waals surface area (Å²) >= 11 is 6.90. The maximum absolute atomic E-state index is 4.34.